The van der Waals surface area contributed by atoms with Crippen LogP contribution in [0.15, 0.2) is 24.3 Å². The van der Waals surface area contributed by atoms with Gasteiger partial charge in [-0.05, 0) is 43.4 Å². The predicted octanol–water partition coefficient (Wildman–Crippen LogP) is 1.67. The Morgan fingerprint density at radius 3 is 2.67 bits per heavy atom. The Bertz CT molecular complexity index is 976. The van der Waals surface area contributed by atoms with Crippen LogP contribution in [-0.2, 0) is 14.4 Å². The molecule has 4 atom stereocenters. The molecular formula is C23H26ClFN4O4. The van der Waals surface area contributed by atoms with E-state index in [1.54, 1.807) is 6.07 Å². The van der Waals surface area contributed by atoms with Gasteiger partial charge in [0.15, 0.2) is 6.10 Å². The summed E-state index contributed by atoms with van der Waals surface area (Å²) in [6, 6.07) is 3.92. The van der Waals surface area contributed by atoms with Gasteiger partial charge >= 0.3 is 0 Å². The first-order valence-corrected chi connectivity index (χ1v) is 11.2. The van der Waals surface area contributed by atoms with E-state index in [1.807, 2.05) is 0 Å². The van der Waals surface area contributed by atoms with Gasteiger partial charge in [-0.25, -0.2) is 4.39 Å². The topological polar surface area (TPSA) is 131 Å². The monoisotopic (exact) mass is 476 g/mol. The van der Waals surface area contributed by atoms with Crippen LogP contribution in [0.25, 0.3) is 6.08 Å². The Morgan fingerprint density at radius 1 is 1.30 bits per heavy atom. The number of aliphatic hydroxyl groups excluding tert-OH is 1. The van der Waals surface area contributed by atoms with Gasteiger partial charge in [0.1, 0.15) is 11.9 Å². The molecule has 8 nitrogen and oxygen atoms in total. The molecule has 0 aromatic heterocycles. The number of hydrogen-bond donors (Lipinski definition) is 4. The van der Waals surface area contributed by atoms with E-state index in [2.05, 4.69) is 16.0 Å². The summed E-state index contributed by atoms with van der Waals surface area (Å²) in [4.78, 5) is 37.3. The molecule has 0 radical (unpaired) electrons. The molecule has 0 bridgehead atoms. The average Bonchev–Trinajstić information content (AvgIpc) is 3.51. The molecule has 3 amide bonds. The van der Waals surface area contributed by atoms with Crippen LogP contribution >= 0.6 is 11.6 Å². The zero-order valence-corrected chi connectivity index (χ0v) is 18.6. The third kappa shape index (κ3) is 7.27. The molecule has 1 heterocycles. The minimum atomic E-state index is -1.49. The van der Waals surface area contributed by atoms with Gasteiger partial charge in [0.05, 0.1) is 12.1 Å². The number of benzene rings is 1. The van der Waals surface area contributed by atoms with Gasteiger partial charge in [-0.2, -0.15) is 5.26 Å². The van der Waals surface area contributed by atoms with Gasteiger partial charge in [-0.15, -0.1) is 0 Å². The Morgan fingerprint density at radius 2 is 2.06 bits per heavy atom. The van der Waals surface area contributed by atoms with Gasteiger partial charge < -0.3 is 21.1 Å². The van der Waals surface area contributed by atoms with E-state index in [9.17, 15) is 23.9 Å². The van der Waals surface area contributed by atoms with E-state index >= 15 is 0 Å². The summed E-state index contributed by atoms with van der Waals surface area (Å²) >= 11 is 5.73. The second kappa shape index (κ2) is 11.3. The van der Waals surface area contributed by atoms with Crippen molar-refractivity contribution in [3.05, 3.63) is 40.7 Å². The van der Waals surface area contributed by atoms with Crippen molar-refractivity contribution < 1.29 is 23.9 Å². The first-order chi connectivity index (χ1) is 15.8. The lowest BCUT2D eigenvalue weighted by Gasteiger charge is -2.25. The van der Waals surface area contributed by atoms with Crippen LogP contribution < -0.4 is 16.0 Å². The smallest absolute Gasteiger partial charge is 0.244 e. The minimum Gasteiger partial charge on any atom is -0.376 e. The summed E-state index contributed by atoms with van der Waals surface area (Å²) in [6.45, 7) is 0.508. The summed E-state index contributed by atoms with van der Waals surface area (Å²) in [5.74, 6) is -2.01. The Labute approximate surface area is 196 Å². The molecule has 4 N–H and O–H groups in total. The Balaban J connectivity index is 1.65. The van der Waals surface area contributed by atoms with E-state index < -0.39 is 41.7 Å². The molecule has 176 valence electrons. The first kappa shape index (κ1) is 24.7. The zero-order valence-electron chi connectivity index (χ0n) is 17.9. The number of aliphatic hydroxyl groups is 1. The molecule has 2 aliphatic rings. The van der Waals surface area contributed by atoms with Crippen molar-refractivity contribution in [2.45, 2.75) is 50.3 Å². The largest absolute Gasteiger partial charge is 0.376 e. The van der Waals surface area contributed by atoms with Crippen molar-refractivity contribution in [1.29, 1.82) is 5.26 Å². The van der Waals surface area contributed by atoms with E-state index in [0.29, 0.717) is 25.3 Å². The number of halogens is 2. The maximum absolute atomic E-state index is 13.9. The molecule has 3 unspecified atom stereocenters. The molecule has 1 aromatic carbocycles. The SMILES string of the molecule is N#CC(O)C(CC1CCNC1=O)NC(=O)[C@H](CC1CC1)NC(=O)/C=C/c1ccc(Cl)cc1F. The maximum Gasteiger partial charge on any atom is 0.244 e. The number of carbonyl (C=O) groups is 3. The lowest BCUT2D eigenvalue weighted by molar-refractivity contribution is -0.129. The Hall–Kier alpha value is -2.96. The molecule has 10 heteroatoms. The van der Waals surface area contributed by atoms with Crippen LogP contribution in [0.3, 0.4) is 0 Å². The number of nitriles is 1. The molecule has 1 saturated heterocycles. The van der Waals surface area contributed by atoms with Gasteiger partial charge in [0, 0.05) is 29.1 Å². The molecule has 2 fully saturated rings. The average molecular weight is 477 g/mol. The van der Waals surface area contributed by atoms with Crippen molar-refractivity contribution >= 4 is 35.4 Å². The van der Waals surface area contributed by atoms with Crippen molar-refractivity contribution in [2.75, 3.05) is 6.54 Å². The first-order valence-electron chi connectivity index (χ1n) is 10.9. The van der Waals surface area contributed by atoms with Crippen LogP contribution in [0.1, 0.15) is 37.7 Å². The van der Waals surface area contributed by atoms with Gasteiger partial charge in [0.25, 0.3) is 0 Å². The van der Waals surface area contributed by atoms with Crippen molar-refractivity contribution in [3.63, 3.8) is 0 Å². The number of hydrogen-bond acceptors (Lipinski definition) is 5. The number of carbonyl (C=O) groups excluding carboxylic acids is 3. The number of nitrogens with zero attached hydrogens (tertiary/aromatic N) is 1. The second-order valence-electron chi connectivity index (χ2n) is 8.44. The van der Waals surface area contributed by atoms with Crippen molar-refractivity contribution in [1.82, 2.24) is 16.0 Å². The summed E-state index contributed by atoms with van der Waals surface area (Å²) in [5, 5.41) is 27.4. The van der Waals surface area contributed by atoms with E-state index in [-0.39, 0.29) is 22.9 Å². The third-order valence-corrected chi connectivity index (χ3v) is 6.05. The van der Waals surface area contributed by atoms with Crippen LogP contribution in [0.5, 0.6) is 0 Å². The van der Waals surface area contributed by atoms with Crippen molar-refractivity contribution in [2.24, 2.45) is 11.8 Å². The molecule has 1 aliphatic heterocycles. The highest BCUT2D eigenvalue weighted by atomic mass is 35.5. The minimum absolute atomic E-state index is 0.117. The van der Waals surface area contributed by atoms with Gasteiger partial charge in [0.2, 0.25) is 17.7 Å². The quantitative estimate of drug-likeness (QED) is 0.301. The second-order valence-corrected chi connectivity index (χ2v) is 8.88. The van der Waals surface area contributed by atoms with Gasteiger partial charge in [-0.1, -0.05) is 30.5 Å². The molecule has 0 spiro atoms. The fourth-order valence-corrected chi connectivity index (χ4v) is 3.92. The van der Waals surface area contributed by atoms with E-state index in [0.717, 1.165) is 25.0 Å². The zero-order chi connectivity index (χ0) is 24.0. The van der Waals surface area contributed by atoms with Crippen LogP contribution in [0.4, 0.5) is 4.39 Å². The molecular weight excluding hydrogens is 451 g/mol. The fourth-order valence-electron chi connectivity index (χ4n) is 3.76. The van der Waals surface area contributed by atoms with E-state index in [1.165, 1.54) is 18.2 Å². The van der Waals surface area contributed by atoms with Crippen molar-refractivity contribution in [3.8, 4) is 6.07 Å². The molecule has 33 heavy (non-hydrogen) atoms. The lowest BCUT2D eigenvalue weighted by atomic mass is 9.95. The van der Waals surface area contributed by atoms with Crippen LogP contribution in [0.2, 0.25) is 5.02 Å². The lowest BCUT2D eigenvalue weighted by Crippen LogP contribution is -2.53. The van der Waals surface area contributed by atoms with Crippen LogP contribution in [0, 0.1) is 29.0 Å². The summed E-state index contributed by atoms with van der Waals surface area (Å²) < 4.78 is 13.9. The highest BCUT2D eigenvalue weighted by molar-refractivity contribution is 6.30. The molecule has 1 saturated carbocycles. The molecule has 3 rings (SSSR count). The van der Waals surface area contributed by atoms with Crippen LogP contribution in [-0.4, -0.2) is 47.6 Å². The van der Waals surface area contributed by atoms with Gasteiger partial charge in [-0.3, -0.25) is 14.4 Å². The molecule has 1 aromatic rings. The highest BCUT2D eigenvalue weighted by Gasteiger charge is 2.35. The van der Waals surface area contributed by atoms with E-state index in [4.69, 9.17) is 16.9 Å². The summed E-state index contributed by atoms with van der Waals surface area (Å²) in [7, 11) is 0. The molecule has 1 aliphatic carbocycles. The maximum atomic E-state index is 13.9. The normalized spacial score (nSPS) is 20.5. The third-order valence-electron chi connectivity index (χ3n) is 5.82. The summed E-state index contributed by atoms with van der Waals surface area (Å²) in [6.07, 6.45) is 3.88. The number of rotatable bonds is 10. The predicted molar refractivity (Wildman–Crippen MR) is 119 cm³/mol. The fraction of sp³-hybridized carbons (Fsp3) is 0.478. The number of nitrogens with one attached hydrogen (secondary N) is 3. The summed E-state index contributed by atoms with van der Waals surface area (Å²) in [5.41, 5.74) is 0.171. The Kier molecular flexibility index (Phi) is 8.42. The number of amides is 3. The standard InChI is InChI=1S/C23H26ClFN4O4/c24-16-5-3-14(17(25)11-16)4-6-21(31)28-19(9-13-1-2-13)23(33)29-18(20(30)12-26)10-15-7-8-27-22(15)32/h3-6,11,13,15,18-20,30H,1-2,7-10H2,(H,27,32)(H,28,31)(H,29,33)/b6-4+/t15?,18?,19-,20?/m0/s1. The highest BCUT2D eigenvalue weighted by Crippen LogP contribution is 2.33.